The van der Waals surface area contributed by atoms with Crippen molar-refractivity contribution in [1.29, 1.82) is 0 Å². The normalized spacial score (nSPS) is 18.3. The number of esters is 3. The van der Waals surface area contributed by atoms with Crippen LogP contribution in [0.1, 0.15) is 181 Å². The molecule has 1 saturated heterocycles. The summed E-state index contributed by atoms with van der Waals surface area (Å²) in [6, 6.07) is 0. The molecule has 0 saturated carbocycles. The van der Waals surface area contributed by atoms with Crippen molar-refractivity contribution in [3.8, 4) is 0 Å². The third kappa shape index (κ3) is 15.2. The van der Waals surface area contributed by atoms with Crippen molar-refractivity contribution in [1.82, 2.24) is 19.5 Å². The molecule has 0 radical (unpaired) electrons. The summed E-state index contributed by atoms with van der Waals surface area (Å²) >= 11 is 0. The van der Waals surface area contributed by atoms with E-state index >= 15 is 0 Å². The molecule has 0 amide bonds. The Morgan fingerprint density at radius 2 is 1.09 bits per heavy atom. The first-order valence-corrected chi connectivity index (χ1v) is 20.9. The number of ether oxygens (including phenoxy) is 4. The number of carbonyl (C=O) groups excluding carboxylic acids is 3. The van der Waals surface area contributed by atoms with Gasteiger partial charge in [-0.25, -0.2) is 9.36 Å². The van der Waals surface area contributed by atoms with Crippen LogP contribution in [0, 0.1) is 0 Å². The minimum absolute atomic E-state index is 0.113. The first kappa shape index (κ1) is 44.7. The van der Waals surface area contributed by atoms with E-state index in [2.05, 4.69) is 35.7 Å². The highest BCUT2D eigenvalue weighted by molar-refractivity contribution is 5.72. The number of nitrogens with zero attached hydrogens (tertiary/aromatic N) is 2. The second-order valence-electron chi connectivity index (χ2n) is 14.7. The Bertz CT molecular complexity index is 1520. The Labute approximate surface area is 320 Å². The van der Waals surface area contributed by atoms with Crippen LogP contribution in [0.3, 0.4) is 0 Å². The highest BCUT2D eigenvalue weighted by Gasteiger charge is 2.52. The smallest absolute Gasteiger partial charge is 0.330 e. The number of hydrogen-bond acceptors (Lipinski definition) is 11. The van der Waals surface area contributed by atoms with Crippen molar-refractivity contribution < 1.29 is 33.3 Å². The number of unbranched alkanes of at least 4 members (excludes halogenated alkanes) is 18. The van der Waals surface area contributed by atoms with Crippen LogP contribution in [-0.2, 0) is 33.3 Å². The second-order valence-corrected chi connectivity index (χ2v) is 14.7. The quantitative estimate of drug-likeness (QED) is 0.0417. The second kappa shape index (κ2) is 25.4. The third-order valence-corrected chi connectivity index (χ3v) is 10.0. The molecule has 14 heteroatoms. The molecule has 0 aliphatic carbocycles. The summed E-state index contributed by atoms with van der Waals surface area (Å²) in [6.07, 6.45) is 16.9. The third-order valence-electron chi connectivity index (χ3n) is 10.0. The van der Waals surface area contributed by atoms with E-state index in [0.29, 0.717) is 19.3 Å². The molecule has 14 nitrogen and oxygen atoms in total. The lowest BCUT2D eigenvalue weighted by Crippen LogP contribution is -2.42. The minimum atomic E-state index is -1.37. The van der Waals surface area contributed by atoms with Gasteiger partial charge in [-0.2, -0.15) is 4.98 Å². The van der Waals surface area contributed by atoms with E-state index in [1.807, 2.05) is 0 Å². The molecule has 0 unspecified atom stereocenters. The summed E-state index contributed by atoms with van der Waals surface area (Å²) in [4.78, 5) is 74.6. The SMILES string of the molecule is CCCCCCCCCC(=O)OC[C@H]1O[C@@H](n2c(=O)[nH]c3c(=O)[nH]c(N)nc32)[C@H](OC(=O)CCCCCCCCC)[C@@H]1OC(=O)CCCCCCCCC. The van der Waals surface area contributed by atoms with Gasteiger partial charge in [-0.05, 0) is 19.3 Å². The predicted molar refractivity (Wildman–Crippen MR) is 208 cm³/mol. The molecule has 0 spiro atoms. The maximum absolute atomic E-state index is 13.4. The first-order chi connectivity index (χ1) is 26.2. The summed E-state index contributed by atoms with van der Waals surface area (Å²) in [7, 11) is 0. The largest absolute Gasteiger partial charge is 0.463 e. The fourth-order valence-corrected chi connectivity index (χ4v) is 6.93. The van der Waals surface area contributed by atoms with Crippen LogP contribution in [0.2, 0.25) is 0 Å². The van der Waals surface area contributed by atoms with Crippen LogP contribution in [0.4, 0.5) is 5.95 Å². The highest BCUT2D eigenvalue weighted by atomic mass is 16.7. The van der Waals surface area contributed by atoms with Gasteiger partial charge in [-0.1, -0.05) is 136 Å². The molecule has 3 heterocycles. The maximum atomic E-state index is 13.4. The average molecular weight is 762 g/mol. The molecule has 306 valence electrons. The number of fused-ring (bicyclic) bond motifs is 1. The van der Waals surface area contributed by atoms with Gasteiger partial charge in [0.25, 0.3) is 5.56 Å². The molecule has 1 aliphatic heterocycles. The van der Waals surface area contributed by atoms with Crippen LogP contribution in [0.5, 0.6) is 0 Å². The fraction of sp³-hybridized carbons (Fsp3) is 0.800. The van der Waals surface area contributed by atoms with Crippen LogP contribution >= 0.6 is 0 Å². The Kier molecular flexibility index (Phi) is 21.0. The Hall–Kier alpha value is -3.68. The zero-order valence-electron chi connectivity index (χ0n) is 33.1. The van der Waals surface area contributed by atoms with Crippen molar-refractivity contribution in [3.05, 3.63) is 20.8 Å². The number of aromatic amines is 2. The van der Waals surface area contributed by atoms with E-state index in [4.69, 9.17) is 24.7 Å². The lowest BCUT2D eigenvalue weighted by Gasteiger charge is -2.24. The summed E-state index contributed by atoms with van der Waals surface area (Å²) in [5.41, 5.74) is 4.14. The molecule has 0 bridgehead atoms. The van der Waals surface area contributed by atoms with Crippen LogP contribution in [-0.4, -0.2) is 62.3 Å². The molecule has 54 heavy (non-hydrogen) atoms. The molecular weight excluding hydrogens is 694 g/mol. The van der Waals surface area contributed by atoms with Gasteiger partial charge in [0.1, 0.15) is 12.7 Å². The molecule has 0 aromatic carbocycles. The van der Waals surface area contributed by atoms with Gasteiger partial charge in [0.15, 0.2) is 29.6 Å². The van der Waals surface area contributed by atoms with Gasteiger partial charge < -0.3 is 24.7 Å². The first-order valence-electron chi connectivity index (χ1n) is 20.9. The number of carbonyl (C=O) groups is 3. The van der Waals surface area contributed by atoms with E-state index in [1.165, 1.54) is 32.1 Å². The zero-order chi connectivity index (χ0) is 39.1. The minimum Gasteiger partial charge on any atom is -0.463 e. The van der Waals surface area contributed by atoms with E-state index < -0.39 is 53.7 Å². The van der Waals surface area contributed by atoms with Gasteiger partial charge in [-0.15, -0.1) is 0 Å². The van der Waals surface area contributed by atoms with Crippen LogP contribution in [0.25, 0.3) is 11.2 Å². The number of aromatic nitrogens is 4. The molecule has 2 aromatic heterocycles. The lowest BCUT2D eigenvalue weighted by molar-refractivity contribution is -0.169. The van der Waals surface area contributed by atoms with Crippen molar-refractivity contribution in [2.75, 3.05) is 12.3 Å². The zero-order valence-corrected chi connectivity index (χ0v) is 33.1. The fourth-order valence-electron chi connectivity index (χ4n) is 6.93. The van der Waals surface area contributed by atoms with Gasteiger partial charge in [0, 0.05) is 19.3 Å². The number of nitrogen functional groups attached to an aromatic ring is 1. The predicted octanol–water partition coefficient (Wildman–Crippen LogP) is 7.68. The summed E-state index contributed by atoms with van der Waals surface area (Å²) in [5.74, 6) is -1.73. The maximum Gasteiger partial charge on any atom is 0.330 e. The molecule has 4 N–H and O–H groups in total. The Balaban J connectivity index is 1.81. The summed E-state index contributed by atoms with van der Waals surface area (Å²) < 4.78 is 25.0. The number of imidazole rings is 1. The van der Waals surface area contributed by atoms with Crippen LogP contribution < -0.4 is 17.0 Å². The molecule has 2 aromatic rings. The van der Waals surface area contributed by atoms with Crippen LogP contribution in [0.15, 0.2) is 9.59 Å². The number of hydrogen-bond donors (Lipinski definition) is 3. The van der Waals surface area contributed by atoms with E-state index in [0.717, 1.165) is 88.0 Å². The van der Waals surface area contributed by atoms with Crippen molar-refractivity contribution in [2.24, 2.45) is 0 Å². The van der Waals surface area contributed by atoms with E-state index in [9.17, 15) is 24.0 Å². The van der Waals surface area contributed by atoms with Crippen molar-refractivity contribution >= 4 is 35.0 Å². The van der Waals surface area contributed by atoms with Crippen molar-refractivity contribution in [3.63, 3.8) is 0 Å². The number of rotatable bonds is 29. The Morgan fingerprint density at radius 3 is 1.59 bits per heavy atom. The number of nitrogens with one attached hydrogen (secondary N) is 2. The topological polar surface area (TPSA) is 198 Å². The number of nitrogens with two attached hydrogens (primary N) is 1. The monoisotopic (exact) mass is 761 g/mol. The summed E-state index contributed by atoms with van der Waals surface area (Å²) in [6.45, 7) is 6.19. The van der Waals surface area contributed by atoms with Crippen molar-refractivity contribution in [2.45, 2.75) is 199 Å². The van der Waals surface area contributed by atoms with Gasteiger partial charge in [0.05, 0.1) is 0 Å². The van der Waals surface area contributed by atoms with Gasteiger partial charge >= 0.3 is 23.6 Å². The molecule has 1 aliphatic rings. The molecule has 4 atom stereocenters. The number of H-pyrrole nitrogens is 2. The van der Waals surface area contributed by atoms with E-state index in [1.54, 1.807) is 0 Å². The average Bonchev–Trinajstić information content (AvgIpc) is 3.64. The van der Waals surface area contributed by atoms with Gasteiger partial charge in [-0.3, -0.25) is 29.1 Å². The lowest BCUT2D eigenvalue weighted by atomic mass is 10.1. The highest BCUT2D eigenvalue weighted by Crippen LogP contribution is 2.35. The summed E-state index contributed by atoms with van der Waals surface area (Å²) in [5, 5.41) is 0. The van der Waals surface area contributed by atoms with Gasteiger partial charge in [0.2, 0.25) is 5.95 Å². The standard InChI is InChI=1S/C40H67N5O9/c1-4-7-10-13-16-19-22-25-30(46)51-28-29-34(53-31(47)26-23-20-17-14-11-8-5-2)35(54-32(48)27-24-21-18-15-12-9-6-3)38(52-29)45-36-33(42-40(45)50)37(49)44-39(41)43-36/h29,34-35,38H,4-28H2,1-3H3,(H,42,50)(H3,41,43,44,49)/t29-,34-,35-,38-/m1/s1. The number of anilines is 1. The molecule has 1 fully saturated rings. The molecular formula is C40H67N5O9. The molecule has 3 rings (SSSR count). The van der Waals surface area contributed by atoms with E-state index in [-0.39, 0.29) is 43.0 Å². The Morgan fingerprint density at radius 1 is 0.648 bits per heavy atom.